The molecule has 0 aliphatic carbocycles. The number of alkyl halides is 3. The maximum atomic E-state index is 10.6. The van der Waals surface area contributed by atoms with Gasteiger partial charge in [0.25, 0.3) is 0 Å². The second-order valence-electron chi connectivity index (χ2n) is 2.90. The minimum Gasteiger partial charge on any atom is -0.475 e. The van der Waals surface area contributed by atoms with Crippen molar-refractivity contribution < 1.29 is 23.1 Å². The first-order chi connectivity index (χ1) is 7.91. The summed E-state index contributed by atoms with van der Waals surface area (Å²) in [6.45, 7) is 0. The molecular weight excluding hydrogens is 237 g/mol. The van der Waals surface area contributed by atoms with Gasteiger partial charge >= 0.3 is 12.1 Å². The van der Waals surface area contributed by atoms with E-state index in [0.717, 1.165) is 5.39 Å². The molecule has 17 heavy (non-hydrogen) atoms. The maximum absolute atomic E-state index is 10.6. The minimum absolute atomic E-state index is 1.09. The molecule has 0 amide bonds. The first kappa shape index (κ1) is 12.9. The SMILES string of the molecule is O=C(O)C(F)(F)F.c1cc2ccncc2cn1. The van der Waals surface area contributed by atoms with Gasteiger partial charge in [-0.15, -0.1) is 0 Å². The van der Waals surface area contributed by atoms with Crippen molar-refractivity contribution in [1.29, 1.82) is 0 Å². The zero-order valence-electron chi connectivity index (χ0n) is 8.35. The molecule has 0 radical (unpaired) electrons. The quantitative estimate of drug-likeness (QED) is 0.772. The summed E-state index contributed by atoms with van der Waals surface area (Å²) in [5.74, 6) is -2.76. The number of aliphatic carboxylic acids is 1. The van der Waals surface area contributed by atoms with E-state index in [2.05, 4.69) is 9.97 Å². The molecule has 0 atom stereocenters. The van der Waals surface area contributed by atoms with Crippen LogP contribution in [-0.2, 0) is 4.79 Å². The fourth-order valence-electron chi connectivity index (χ4n) is 0.924. The van der Waals surface area contributed by atoms with E-state index in [1.807, 2.05) is 24.5 Å². The lowest BCUT2D eigenvalue weighted by molar-refractivity contribution is -0.192. The molecule has 0 unspecified atom stereocenters. The number of halogens is 3. The number of rotatable bonds is 0. The van der Waals surface area contributed by atoms with Crippen LogP contribution in [-0.4, -0.2) is 27.2 Å². The van der Waals surface area contributed by atoms with E-state index in [9.17, 15) is 13.2 Å². The summed E-state index contributed by atoms with van der Waals surface area (Å²) in [6.07, 6.45) is 2.09. The van der Waals surface area contributed by atoms with Crippen LogP contribution in [0.5, 0.6) is 0 Å². The molecule has 4 nitrogen and oxygen atoms in total. The van der Waals surface area contributed by atoms with Crippen LogP contribution in [0.15, 0.2) is 36.9 Å². The fraction of sp³-hybridized carbons (Fsp3) is 0.100. The Morgan fingerprint density at radius 3 is 1.76 bits per heavy atom. The predicted octanol–water partition coefficient (Wildman–Crippen LogP) is 2.26. The lowest BCUT2D eigenvalue weighted by Gasteiger charge is -1.93. The van der Waals surface area contributed by atoms with E-state index < -0.39 is 12.1 Å². The monoisotopic (exact) mass is 244 g/mol. The number of pyridine rings is 2. The van der Waals surface area contributed by atoms with E-state index in [1.54, 1.807) is 12.4 Å². The lowest BCUT2D eigenvalue weighted by Crippen LogP contribution is -2.21. The van der Waals surface area contributed by atoms with Crippen LogP contribution in [0.1, 0.15) is 0 Å². The predicted molar refractivity (Wildman–Crippen MR) is 53.2 cm³/mol. The van der Waals surface area contributed by atoms with Crippen LogP contribution in [0.3, 0.4) is 0 Å². The average Bonchev–Trinajstić information content (AvgIpc) is 2.29. The highest BCUT2D eigenvalue weighted by Gasteiger charge is 2.38. The third-order valence-electron chi connectivity index (χ3n) is 1.68. The van der Waals surface area contributed by atoms with Crippen molar-refractivity contribution in [3.05, 3.63) is 36.9 Å². The highest BCUT2D eigenvalue weighted by atomic mass is 19.4. The van der Waals surface area contributed by atoms with Crippen molar-refractivity contribution in [2.24, 2.45) is 0 Å². The number of hydrogen-bond donors (Lipinski definition) is 1. The van der Waals surface area contributed by atoms with Gasteiger partial charge in [0, 0.05) is 30.2 Å². The topological polar surface area (TPSA) is 63.1 Å². The largest absolute Gasteiger partial charge is 0.490 e. The van der Waals surface area contributed by atoms with E-state index in [0.29, 0.717) is 0 Å². The van der Waals surface area contributed by atoms with Crippen molar-refractivity contribution in [3.8, 4) is 0 Å². The van der Waals surface area contributed by atoms with E-state index in [-0.39, 0.29) is 0 Å². The molecule has 0 aliphatic heterocycles. The van der Waals surface area contributed by atoms with E-state index in [1.165, 1.54) is 5.39 Å². The highest BCUT2D eigenvalue weighted by Crippen LogP contribution is 2.13. The van der Waals surface area contributed by atoms with Crippen molar-refractivity contribution >= 4 is 16.7 Å². The Bertz CT molecular complexity index is 449. The van der Waals surface area contributed by atoms with Gasteiger partial charge in [-0.25, -0.2) is 4.79 Å². The Morgan fingerprint density at radius 2 is 1.47 bits per heavy atom. The van der Waals surface area contributed by atoms with Crippen LogP contribution in [0, 0.1) is 0 Å². The smallest absolute Gasteiger partial charge is 0.475 e. The standard InChI is InChI=1S/C8H6N2.C2HF3O2/c1-3-9-5-8-6-10-4-2-7(1)8;3-2(4,5)1(6)7/h1-6H;(H,6,7). The van der Waals surface area contributed by atoms with Crippen LogP contribution in [0.25, 0.3) is 10.8 Å². The van der Waals surface area contributed by atoms with Crippen LogP contribution >= 0.6 is 0 Å². The summed E-state index contributed by atoms with van der Waals surface area (Å²) in [6, 6.07) is 3.94. The molecule has 2 heterocycles. The molecule has 2 aromatic rings. The summed E-state index contributed by atoms with van der Waals surface area (Å²) in [4.78, 5) is 16.8. The van der Waals surface area contributed by atoms with Crippen molar-refractivity contribution in [3.63, 3.8) is 0 Å². The number of carboxylic acid groups (broad SMARTS) is 1. The average molecular weight is 244 g/mol. The molecule has 0 fully saturated rings. The summed E-state index contributed by atoms with van der Waals surface area (Å²) >= 11 is 0. The Hall–Kier alpha value is -2.18. The summed E-state index contributed by atoms with van der Waals surface area (Å²) in [5.41, 5.74) is 0. The summed E-state index contributed by atoms with van der Waals surface area (Å²) in [5, 5.41) is 9.40. The second kappa shape index (κ2) is 5.24. The molecule has 2 rings (SSSR count). The normalized spacial score (nSPS) is 10.5. The van der Waals surface area contributed by atoms with Gasteiger partial charge in [0.05, 0.1) is 0 Å². The number of hydrogen-bond acceptors (Lipinski definition) is 3. The third kappa shape index (κ3) is 4.06. The summed E-state index contributed by atoms with van der Waals surface area (Å²) < 4.78 is 31.7. The minimum atomic E-state index is -5.08. The number of carbonyl (C=O) groups is 1. The third-order valence-corrected chi connectivity index (χ3v) is 1.68. The molecule has 0 saturated heterocycles. The van der Waals surface area contributed by atoms with Gasteiger partial charge in [0.2, 0.25) is 0 Å². The van der Waals surface area contributed by atoms with Gasteiger partial charge in [0.15, 0.2) is 0 Å². The lowest BCUT2D eigenvalue weighted by atomic mass is 10.2. The van der Waals surface area contributed by atoms with Gasteiger partial charge in [-0.2, -0.15) is 13.2 Å². The molecule has 2 aromatic heterocycles. The number of fused-ring (bicyclic) bond motifs is 1. The molecule has 0 saturated carbocycles. The van der Waals surface area contributed by atoms with E-state index >= 15 is 0 Å². The zero-order valence-corrected chi connectivity index (χ0v) is 8.35. The molecule has 0 bridgehead atoms. The van der Waals surface area contributed by atoms with Crippen molar-refractivity contribution in [2.75, 3.05) is 0 Å². The molecule has 90 valence electrons. The molecule has 7 heteroatoms. The first-order valence-electron chi connectivity index (χ1n) is 4.35. The van der Waals surface area contributed by atoms with Gasteiger partial charge in [0.1, 0.15) is 0 Å². The van der Waals surface area contributed by atoms with Gasteiger partial charge in [-0.05, 0) is 17.5 Å². The van der Waals surface area contributed by atoms with Gasteiger partial charge in [-0.1, -0.05) is 0 Å². The number of carboxylic acids is 1. The molecule has 0 aliphatic rings. The first-order valence-corrected chi connectivity index (χ1v) is 4.35. The summed E-state index contributed by atoms with van der Waals surface area (Å²) in [7, 11) is 0. The Labute approximate surface area is 93.7 Å². The van der Waals surface area contributed by atoms with Crippen LogP contribution < -0.4 is 0 Å². The number of nitrogens with zero attached hydrogens (tertiary/aromatic N) is 2. The Balaban J connectivity index is 0.000000185. The fourth-order valence-corrected chi connectivity index (χ4v) is 0.924. The van der Waals surface area contributed by atoms with Crippen LogP contribution in [0.2, 0.25) is 0 Å². The van der Waals surface area contributed by atoms with Gasteiger partial charge < -0.3 is 5.11 Å². The Morgan fingerprint density at radius 1 is 1.06 bits per heavy atom. The van der Waals surface area contributed by atoms with Crippen LogP contribution in [0.4, 0.5) is 13.2 Å². The Kier molecular flexibility index (Phi) is 3.97. The maximum Gasteiger partial charge on any atom is 0.490 e. The number of aromatic nitrogens is 2. The molecular formula is C10H7F3N2O2. The molecule has 0 spiro atoms. The highest BCUT2D eigenvalue weighted by molar-refractivity contribution is 5.79. The molecule has 1 N–H and O–H groups in total. The molecule has 0 aromatic carbocycles. The van der Waals surface area contributed by atoms with E-state index in [4.69, 9.17) is 9.90 Å². The van der Waals surface area contributed by atoms with Gasteiger partial charge in [-0.3, -0.25) is 9.97 Å². The zero-order chi connectivity index (χ0) is 12.9. The van der Waals surface area contributed by atoms with Crippen molar-refractivity contribution in [2.45, 2.75) is 6.18 Å². The second-order valence-corrected chi connectivity index (χ2v) is 2.90. The van der Waals surface area contributed by atoms with Crippen molar-refractivity contribution in [1.82, 2.24) is 9.97 Å².